The first-order chi connectivity index (χ1) is 11.8. The fourth-order valence-corrected chi connectivity index (χ4v) is 3.49. The molecule has 3 aromatic rings. The van der Waals surface area contributed by atoms with E-state index in [4.69, 9.17) is 5.10 Å². The SMILES string of the molecule is CCC(c1ccnn1C)n1ccnc1-c1cc2n(n1)CCCNC2. The van der Waals surface area contributed by atoms with E-state index < -0.39 is 0 Å². The Kier molecular flexibility index (Phi) is 3.93. The molecule has 1 aliphatic rings. The van der Waals surface area contributed by atoms with E-state index in [1.165, 1.54) is 11.4 Å². The van der Waals surface area contributed by atoms with Crippen molar-refractivity contribution >= 4 is 0 Å². The third-order valence-corrected chi connectivity index (χ3v) is 4.71. The molecule has 0 bridgehead atoms. The molecule has 1 unspecified atom stereocenters. The number of nitrogens with one attached hydrogen (secondary N) is 1. The fraction of sp³-hybridized carbons (Fsp3) is 0.471. The molecule has 4 heterocycles. The fourth-order valence-electron chi connectivity index (χ4n) is 3.49. The van der Waals surface area contributed by atoms with Crippen LogP contribution in [0.4, 0.5) is 0 Å². The standard InChI is InChI=1S/C17H23N7/c1-3-15(16-5-7-20-22(16)2)23-10-8-19-17(23)14-11-13-12-18-6-4-9-24(13)21-14/h5,7-8,10-11,15,18H,3-4,6,9,12H2,1-2H3. The number of fused-ring (bicyclic) bond motifs is 1. The minimum atomic E-state index is 0.203. The maximum Gasteiger partial charge on any atom is 0.161 e. The van der Waals surface area contributed by atoms with Crippen LogP contribution in [0, 0.1) is 0 Å². The third-order valence-electron chi connectivity index (χ3n) is 4.71. The second kappa shape index (κ2) is 6.24. The maximum atomic E-state index is 4.81. The van der Waals surface area contributed by atoms with E-state index in [1.807, 2.05) is 30.3 Å². The van der Waals surface area contributed by atoms with Gasteiger partial charge in [-0.2, -0.15) is 10.2 Å². The average Bonchev–Trinajstić information content (AvgIpc) is 3.28. The Morgan fingerprint density at radius 1 is 1.33 bits per heavy atom. The first-order valence-electron chi connectivity index (χ1n) is 8.56. The first kappa shape index (κ1) is 15.1. The van der Waals surface area contributed by atoms with Gasteiger partial charge < -0.3 is 9.88 Å². The van der Waals surface area contributed by atoms with Crippen molar-refractivity contribution in [1.29, 1.82) is 0 Å². The van der Waals surface area contributed by atoms with Crippen LogP contribution in [0.5, 0.6) is 0 Å². The first-order valence-corrected chi connectivity index (χ1v) is 8.56. The summed E-state index contributed by atoms with van der Waals surface area (Å²) in [5.41, 5.74) is 3.35. The van der Waals surface area contributed by atoms with E-state index in [2.05, 4.69) is 43.7 Å². The minimum Gasteiger partial charge on any atom is -0.321 e. The summed E-state index contributed by atoms with van der Waals surface area (Å²) in [6.07, 6.45) is 7.82. The lowest BCUT2D eigenvalue weighted by molar-refractivity contribution is 0.521. The maximum absolute atomic E-state index is 4.81. The molecule has 0 amide bonds. The van der Waals surface area contributed by atoms with Crippen LogP contribution in [0.1, 0.15) is 37.2 Å². The molecule has 1 N–H and O–H groups in total. The minimum absolute atomic E-state index is 0.203. The Hall–Kier alpha value is -2.41. The van der Waals surface area contributed by atoms with Gasteiger partial charge in [0.15, 0.2) is 5.82 Å². The quantitative estimate of drug-likeness (QED) is 0.796. The summed E-state index contributed by atoms with van der Waals surface area (Å²) in [7, 11) is 1.99. The lowest BCUT2D eigenvalue weighted by atomic mass is 10.1. The van der Waals surface area contributed by atoms with Crippen LogP contribution in [-0.2, 0) is 20.1 Å². The van der Waals surface area contributed by atoms with Crippen LogP contribution in [-0.4, -0.2) is 35.7 Å². The number of hydrogen-bond donors (Lipinski definition) is 1. The molecule has 0 fully saturated rings. The summed E-state index contributed by atoms with van der Waals surface area (Å²) >= 11 is 0. The molecule has 3 aromatic heterocycles. The van der Waals surface area contributed by atoms with Gasteiger partial charge in [0.2, 0.25) is 0 Å². The Balaban J connectivity index is 1.74. The zero-order chi connectivity index (χ0) is 16.5. The lowest BCUT2D eigenvalue weighted by Crippen LogP contribution is -2.14. The lowest BCUT2D eigenvalue weighted by Gasteiger charge is -2.19. The second-order valence-electron chi connectivity index (χ2n) is 6.24. The predicted octanol–water partition coefficient (Wildman–Crippen LogP) is 1.97. The van der Waals surface area contributed by atoms with E-state index in [0.717, 1.165) is 44.0 Å². The van der Waals surface area contributed by atoms with Crippen LogP contribution in [0.15, 0.2) is 30.7 Å². The van der Waals surface area contributed by atoms with Gasteiger partial charge in [-0.05, 0) is 31.5 Å². The summed E-state index contributed by atoms with van der Waals surface area (Å²) in [6, 6.07) is 4.44. The molecule has 24 heavy (non-hydrogen) atoms. The van der Waals surface area contributed by atoms with Gasteiger partial charge in [0, 0.05) is 38.7 Å². The molecule has 0 radical (unpaired) electrons. The summed E-state index contributed by atoms with van der Waals surface area (Å²) < 4.78 is 6.26. The molecule has 1 aliphatic heterocycles. The molecular formula is C17H23N7. The van der Waals surface area contributed by atoms with Crippen LogP contribution in [0.25, 0.3) is 11.5 Å². The molecule has 4 rings (SSSR count). The highest BCUT2D eigenvalue weighted by Crippen LogP contribution is 2.27. The van der Waals surface area contributed by atoms with E-state index in [-0.39, 0.29) is 6.04 Å². The van der Waals surface area contributed by atoms with Gasteiger partial charge in [0.1, 0.15) is 5.69 Å². The Morgan fingerprint density at radius 3 is 3.04 bits per heavy atom. The normalized spacial score (nSPS) is 15.9. The monoisotopic (exact) mass is 325 g/mol. The third kappa shape index (κ3) is 2.54. The van der Waals surface area contributed by atoms with Crippen molar-refractivity contribution in [2.24, 2.45) is 7.05 Å². The number of nitrogens with zero attached hydrogens (tertiary/aromatic N) is 6. The molecule has 0 spiro atoms. The number of rotatable bonds is 4. The number of imidazole rings is 1. The van der Waals surface area contributed by atoms with Crippen molar-refractivity contribution in [3.05, 3.63) is 42.1 Å². The molecule has 0 aromatic carbocycles. The van der Waals surface area contributed by atoms with Crippen LogP contribution < -0.4 is 5.32 Å². The number of hydrogen-bond acceptors (Lipinski definition) is 4. The van der Waals surface area contributed by atoms with Crippen molar-refractivity contribution in [2.75, 3.05) is 6.54 Å². The largest absolute Gasteiger partial charge is 0.321 e. The topological polar surface area (TPSA) is 65.5 Å². The number of aromatic nitrogens is 6. The van der Waals surface area contributed by atoms with Gasteiger partial charge in [-0.3, -0.25) is 9.36 Å². The van der Waals surface area contributed by atoms with Crippen LogP contribution in [0.3, 0.4) is 0 Å². The molecule has 126 valence electrons. The van der Waals surface area contributed by atoms with E-state index >= 15 is 0 Å². The van der Waals surface area contributed by atoms with Crippen molar-refractivity contribution in [2.45, 2.75) is 38.9 Å². The van der Waals surface area contributed by atoms with Gasteiger partial charge in [0.05, 0.1) is 17.4 Å². The molecule has 7 nitrogen and oxygen atoms in total. The number of aryl methyl sites for hydroxylation is 2. The zero-order valence-electron chi connectivity index (χ0n) is 14.2. The van der Waals surface area contributed by atoms with Crippen molar-refractivity contribution < 1.29 is 0 Å². The Bertz CT molecular complexity index is 802. The van der Waals surface area contributed by atoms with Gasteiger partial charge in [-0.25, -0.2) is 4.98 Å². The van der Waals surface area contributed by atoms with E-state index in [1.54, 1.807) is 0 Å². The Morgan fingerprint density at radius 2 is 2.25 bits per heavy atom. The van der Waals surface area contributed by atoms with Crippen molar-refractivity contribution in [1.82, 2.24) is 34.4 Å². The summed E-state index contributed by atoms with van der Waals surface area (Å²) in [6.45, 7) is 5.06. The molecule has 0 aliphatic carbocycles. The summed E-state index contributed by atoms with van der Waals surface area (Å²) in [4.78, 5) is 4.60. The summed E-state index contributed by atoms with van der Waals surface area (Å²) in [5.74, 6) is 0.920. The Labute approximate surface area is 141 Å². The van der Waals surface area contributed by atoms with Crippen molar-refractivity contribution in [3.63, 3.8) is 0 Å². The van der Waals surface area contributed by atoms with Gasteiger partial charge in [-0.15, -0.1) is 0 Å². The second-order valence-corrected chi connectivity index (χ2v) is 6.24. The van der Waals surface area contributed by atoms with E-state index in [9.17, 15) is 0 Å². The van der Waals surface area contributed by atoms with Crippen LogP contribution in [0.2, 0.25) is 0 Å². The van der Waals surface area contributed by atoms with Gasteiger partial charge in [-0.1, -0.05) is 6.92 Å². The summed E-state index contributed by atoms with van der Waals surface area (Å²) in [5, 5.41) is 12.6. The van der Waals surface area contributed by atoms with E-state index in [0.29, 0.717) is 0 Å². The molecule has 1 atom stereocenters. The molecule has 7 heteroatoms. The molecule has 0 saturated heterocycles. The van der Waals surface area contributed by atoms with Gasteiger partial charge >= 0.3 is 0 Å². The highest BCUT2D eigenvalue weighted by molar-refractivity contribution is 5.51. The van der Waals surface area contributed by atoms with Crippen molar-refractivity contribution in [3.8, 4) is 11.5 Å². The highest BCUT2D eigenvalue weighted by Gasteiger charge is 2.21. The van der Waals surface area contributed by atoms with Gasteiger partial charge in [0.25, 0.3) is 0 Å². The molecule has 0 saturated carbocycles. The smallest absolute Gasteiger partial charge is 0.161 e. The van der Waals surface area contributed by atoms with Crippen LogP contribution >= 0.6 is 0 Å². The zero-order valence-corrected chi connectivity index (χ0v) is 14.2. The highest BCUT2D eigenvalue weighted by atomic mass is 15.3. The average molecular weight is 325 g/mol. The molecular weight excluding hydrogens is 302 g/mol. The predicted molar refractivity (Wildman–Crippen MR) is 91.4 cm³/mol.